The van der Waals surface area contributed by atoms with Gasteiger partial charge in [-0.1, -0.05) is 0 Å². The van der Waals surface area contributed by atoms with Gasteiger partial charge in [-0.3, -0.25) is 14.9 Å². The molecule has 0 atom stereocenters. The third kappa shape index (κ3) is 5.76. The summed E-state index contributed by atoms with van der Waals surface area (Å²) < 4.78 is 21.9. The molecule has 0 unspecified atom stereocenters. The van der Waals surface area contributed by atoms with Gasteiger partial charge in [-0.05, 0) is 61.0 Å². The number of nitrogens with zero attached hydrogens (tertiary/aromatic N) is 2. The zero-order valence-electron chi connectivity index (χ0n) is 19.1. The summed E-state index contributed by atoms with van der Waals surface area (Å²) in [4.78, 5) is 35.1. The lowest BCUT2D eigenvalue weighted by molar-refractivity contribution is -0.384. The van der Waals surface area contributed by atoms with Gasteiger partial charge in [-0.25, -0.2) is 10.2 Å². The van der Waals surface area contributed by atoms with Crippen LogP contribution in [0.25, 0.3) is 0 Å². The Balaban J connectivity index is 1.42. The van der Waals surface area contributed by atoms with Gasteiger partial charge in [0.15, 0.2) is 23.0 Å². The summed E-state index contributed by atoms with van der Waals surface area (Å²) >= 11 is 0. The van der Waals surface area contributed by atoms with Crippen LogP contribution in [0.2, 0.25) is 0 Å². The van der Waals surface area contributed by atoms with Gasteiger partial charge in [0.05, 0.1) is 23.3 Å². The van der Waals surface area contributed by atoms with Crippen LogP contribution in [0.3, 0.4) is 0 Å². The van der Waals surface area contributed by atoms with E-state index in [4.69, 9.17) is 18.9 Å². The topological polar surface area (TPSA) is 139 Å². The molecule has 0 spiro atoms. The van der Waals surface area contributed by atoms with Crippen LogP contribution >= 0.6 is 0 Å². The summed E-state index contributed by atoms with van der Waals surface area (Å²) in [6.45, 7) is 2.96. The second-order valence-electron chi connectivity index (χ2n) is 7.39. The number of benzene rings is 3. The van der Waals surface area contributed by atoms with Gasteiger partial charge < -0.3 is 18.9 Å². The van der Waals surface area contributed by atoms with Gasteiger partial charge in [0.1, 0.15) is 13.2 Å². The highest BCUT2D eigenvalue weighted by Crippen LogP contribution is 2.31. The number of non-ortho nitro benzene ring substituents is 1. The maximum absolute atomic E-state index is 12.5. The third-order valence-corrected chi connectivity index (χ3v) is 4.97. The molecule has 1 heterocycles. The predicted molar refractivity (Wildman–Crippen MR) is 128 cm³/mol. The van der Waals surface area contributed by atoms with Gasteiger partial charge in [-0.15, -0.1) is 0 Å². The number of rotatable bonds is 8. The highest BCUT2D eigenvalue weighted by Gasteiger charge is 2.16. The number of hydrazone groups is 1. The average molecular weight is 491 g/mol. The van der Waals surface area contributed by atoms with Crippen molar-refractivity contribution >= 4 is 23.8 Å². The number of nitro groups is 1. The molecule has 0 saturated heterocycles. The van der Waals surface area contributed by atoms with Gasteiger partial charge in [-0.2, -0.15) is 5.10 Å². The molecule has 3 aromatic carbocycles. The van der Waals surface area contributed by atoms with E-state index in [1.807, 2.05) is 0 Å². The minimum atomic E-state index is -0.695. The second-order valence-corrected chi connectivity index (χ2v) is 7.39. The normalized spacial score (nSPS) is 12.1. The molecule has 0 aliphatic carbocycles. The van der Waals surface area contributed by atoms with E-state index in [0.29, 0.717) is 42.4 Å². The molecule has 0 saturated carbocycles. The predicted octanol–water partition coefficient (Wildman–Crippen LogP) is 3.75. The monoisotopic (exact) mass is 491 g/mol. The molecular formula is C25H21N3O8. The van der Waals surface area contributed by atoms with Crippen molar-refractivity contribution in [3.8, 4) is 23.0 Å². The van der Waals surface area contributed by atoms with Crippen LogP contribution < -0.4 is 24.4 Å². The van der Waals surface area contributed by atoms with E-state index < -0.39 is 16.8 Å². The van der Waals surface area contributed by atoms with Crippen molar-refractivity contribution in [2.75, 3.05) is 19.8 Å². The maximum atomic E-state index is 12.5. The minimum absolute atomic E-state index is 0.133. The number of ether oxygens (including phenoxy) is 4. The van der Waals surface area contributed by atoms with Crippen molar-refractivity contribution in [3.05, 3.63) is 87.5 Å². The molecule has 0 bridgehead atoms. The summed E-state index contributed by atoms with van der Waals surface area (Å²) in [5.74, 6) is 0.408. The van der Waals surface area contributed by atoms with E-state index in [1.54, 1.807) is 37.3 Å². The van der Waals surface area contributed by atoms with Gasteiger partial charge in [0, 0.05) is 17.7 Å². The highest BCUT2D eigenvalue weighted by molar-refractivity contribution is 5.95. The Morgan fingerprint density at radius 3 is 2.44 bits per heavy atom. The van der Waals surface area contributed by atoms with Crippen molar-refractivity contribution in [3.63, 3.8) is 0 Å². The number of carbonyl (C=O) groups excluding carboxylic acids is 2. The van der Waals surface area contributed by atoms with Crippen LogP contribution in [-0.2, 0) is 0 Å². The third-order valence-electron chi connectivity index (χ3n) is 4.97. The first-order chi connectivity index (χ1) is 17.4. The number of carbonyl (C=O) groups is 2. The summed E-state index contributed by atoms with van der Waals surface area (Å²) in [6.07, 6.45) is 1.42. The van der Waals surface area contributed by atoms with E-state index in [-0.39, 0.29) is 22.7 Å². The molecule has 0 radical (unpaired) electrons. The molecule has 0 fully saturated rings. The first-order valence-corrected chi connectivity index (χ1v) is 10.9. The maximum Gasteiger partial charge on any atom is 0.343 e. The minimum Gasteiger partial charge on any atom is -0.490 e. The lowest BCUT2D eigenvalue weighted by atomic mass is 10.2. The van der Waals surface area contributed by atoms with Crippen LogP contribution in [0.5, 0.6) is 23.0 Å². The molecule has 4 rings (SSSR count). The second kappa shape index (κ2) is 11.0. The van der Waals surface area contributed by atoms with Crippen LogP contribution in [0.1, 0.15) is 33.2 Å². The lowest BCUT2D eigenvalue weighted by Gasteiger charge is -2.18. The van der Waals surface area contributed by atoms with E-state index in [0.717, 1.165) is 0 Å². The molecule has 0 aromatic heterocycles. The lowest BCUT2D eigenvalue weighted by Crippen LogP contribution is -2.19. The zero-order chi connectivity index (χ0) is 25.5. The Labute approximate surface area is 205 Å². The van der Waals surface area contributed by atoms with Crippen LogP contribution in [0, 0.1) is 10.1 Å². The fraction of sp³-hybridized carbons (Fsp3) is 0.160. The summed E-state index contributed by atoms with van der Waals surface area (Å²) in [6, 6.07) is 14.7. The Morgan fingerprint density at radius 1 is 1.00 bits per heavy atom. The molecule has 11 nitrogen and oxygen atoms in total. The Kier molecular flexibility index (Phi) is 7.39. The molecule has 1 N–H and O–H groups in total. The first kappa shape index (κ1) is 24.2. The molecule has 184 valence electrons. The van der Waals surface area contributed by atoms with E-state index in [9.17, 15) is 19.7 Å². The number of nitrogens with one attached hydrogen (secondary N) is 1. The largest absolute Gasteiger partial charge is 0.490 e. The number of amides is 1. The number of esters is 1. The quantitative estimate of drug-likeness (QED) is 0.165. The highest BCUT2D eigenvalue weighted by atomic mass is 16.6. The number of nitro benzene ring substituents is 1. The van der Waals surface area contributed by atoms with Gasteiger partial charge in [0.2, 0.25) is 0 Å². The molecule has 1 amide bonds. The van der Waals surface area contributed by atoms with Crippen molar-refractivity contribution in [2.45, 2.75) is 6.92 Å². The molecule has 1 aliphatic heterocycles. The Bertz CT molecular complexity index is 1320. The zero-order valence-corrected chi connectivity index (χ0v) is 19.1. The van der Waals surface area contributed by atoms with Crippen LogP contribution in [0.15, 0.2) is 65.8 Å². The van der Waals surface area contributed by atoms with Crippen LogP contribution in [-0.4, -0.2) is 42.8 Å². The van der Waals surface area contributed by atoms with Crippen molar-refractivity contribution < 1.29 is 33.5 Å². The van der Waals surface area contributed by atoms with Crippen LogP contribution in [0.4, 0.5) is 5.69 Å². The molecular weight excluding hydrogens is 470 g/mol. The molecule has 11 heteroatoms. The number of fused-ring (bicyclic) bond motifs is 1. The van der Waals surface area contributed by atoms with Crippen molar-refractivity contribution in [1.29, 1.82) is 0 Å². The molecule has 36 heavy (non-hydrogen) atoms. The fourth-order valence-corrected chi connectivity index (χ4v) is 3.25. The van der Waals surface area contributed by atoms with E-state index in [1.165, 1.54) is 36.5 Å². The molecule has 1 aliphatic rings. The summed E-state index contributed by atoms with van der Waals surface area (Å²) in [7, 11) is 0. The van der Waals surface area contributed by atoms with E-state index >= 15 is 0 Å². The van der Waals surface area contributed by atoms with Gasteiger partial charge >= 0.3 is 5.97 Å². The summed E-state index contributed by atoms with van der Waals surface area (Å²) in [5.41, 5.74) is 3.40. The number of hydrogen-bond donors (Lipinski definition) is 1. The first-order valence-electron chi connectivity index (χ1n) is 10.9. The number of hydrogen-bond acceptors (Lipinski definition) is 9. The van der Waals surface area contributed by atoms with Crippen molar-refractivity contribution in [2.24, 2.45) is 5.10 Å². The SMILES string of the molecule is CCOc1cc(/C=N\NC(=O)c2ccc3c(c2)OCCO3)ccc1OC(=O)c1ccc([N+](=O)[O-])cc1. The standard InChI is InChI=1S/C25H21N3O8/c1-2-33-22-13-16(3-9-21(22)36-25(30)17-4-7-19(8-5-17)28(31)32)15-26-27-24(29)18-6-10-20-23(14-18)35-12-11-34-20/h3-10,13-15H,2,11-12H2,1H3,(H,27,29)/b26-15-. The Morgan fingerprint density at radius 2 is 1.72 bits per heavy atom. The van der Waals surface area contributed by atoms with Crippen molar-refractivity contribution in [1.82, 2.24) is 5.43 Å². The smallest absolute Gasteiger partial charge is 0.343 e. The van der Waals surface area contributed by atoms with E-state index in [2.05, 4.69) is 10.5 Å². The average Bonchev–Trinajstić information content (AvgIpc) is 2.90. The van der Waals surface area contributed by atoms with Gasteiger partial charge in [0.25, 0.3) is 11.6 Å². The summed E-state index contributed by atoms with van der Waals surface area (Å²) in [5, 5.41) is 14.8. The fourth-order valence-electron chi connectivity index (χ4n) is 3.25. The molecule has 3 aromatic rings. The Hall–Kier alpha value is -4.93.